The van der Waals surface area contributed by atoms with Gasteiger partial charge in [-0.2, -0.15) is 4.98 Å². The molecule has 94 valence electrons. The molecule has 0 aliphatic rings. The van der Waals surface area contributed by atoms with Crippen LogP contribution in [0.3, 0.4) is 0 Å². The molecule has 0 saturated heterocycles. The SMILES string of the molecule is CCOc1cccc(Oc2cc(N)nc(C)n2)c1. The average Bonchev–Trinajstić information content (AvgIpc) is 2.28. The van der Waals surface area contributed by atoms with Gasteiger partial charge in [-0.25, -0.2) is 4.98 Å². The van der Waals surface area contributed by atoms with Crippen molar-refractivity contribution < 1.29 is 9.47 Å². The van der Waals surface area contributed by atoms with Crippen molar-refractivity contribution in [1.82, 2.24) is 9.97 Å². The van der Waals surface area contributed by atoms with E-state index in [0.717, 1.165) is 5.75 Å². The van der Waals surface area contributed by atoms with Crippen LogP contribution in [0.1, 0.15) is 12.7 Å². The predicted octanol–water partition coefficient (Wildman–Crippen LogP) is 2.56. The molecule has 2 N–H and O–H groups in total. The van der Waals surface area contributed by atoms with Gasteiger partial charge in [-0.3, -0.25) is 0 Å². The number of nitrogen functional groups attached to an aromatic ring is 1. The fraction of sp³-hybridized carbons (Fsp3) is 0.231. The zero-order valence-corrected chi connectivity index (χ0v) is 10.4. The summed E-state index contributed by atoms with van der Waals surface area (Å²) in [4.78, 5) is 8.14. The number of aromatic nitrogens is 2. The normalized spacial score (nSPS) is 10.1. The molecule has 1 aromatic carbocycles. The summed E-state index contributed by atoms with van der Waals surface area (Å²) < 4.78 is 11.0. The van der Waals surface area contributed by atoms with Crippen LogP contribution in [0.15, 0.2) is 30.3 Å². The zero-order chi connectivity index (χ0) is 13.0. The topological polar surface area (TPSA) is 70.3 Å². The van der Waals surface area contributed by atoms with Crippen molar-refractivity contribution in [3.63, 3.8) is 0 Å². The predicted molar refractivity (Wildman–Crippen MR) is 68.9 cm³/mol. The largest absolute Gasteiger partial charge is 0.494 e. The standard InChI is InChI=1S/C13H15N3O2/c1-3-17-10-5-4-6-11(7-10)18-13-8-12(14)15-9(2)16-13/h4-8H,3H2,1-2H3,(H2,14,15,16). The third-order valence-corrected chi connectivity index (χ3v) is 2.17. The van der Waals surface area contributed by atoms with Crippen molar-refractivity contribution >= 4 is 5.82 Å². The highest BCUT2D eigenvalue weighted by Gasteiger charge is 2.03. The molecule has 0 atom stereocenters. The van der Waals surface area contributed by atoms with E-state index in [1.54, 1.807) is 19.1 Å². The van der Waals surface area contributed by atoms with E-state index in [1.165, 1.54) is 0 Å². The van der Waals surface area contributed by atoms with Gasteiger partial charge in [0.05, 0.1) is 6.61 Å². The second kappa shape index (κ2) is 5.35. The first-order valence-electron chi connectivity index (χ1n) is 5.69. The van der Waals surface area contributed by atoms with Gasteiger partial charge in [0.2, 0.25) is 5.88 Å². The van der Waals surface area contributed by atoms with E-state index >= 15 is 0 Å². The van der Waals surface area contributed by atoms with E-state index in [2.05, 4.69) is 9.97 Å². The summed E-state index contributed by atoms with van der Waals surface area (Å²) in [6.07, 6.45) is 0. The van der Waals surface area contributed by atoms with Gasteiger partial charge in [0.15, 0.2) is 0 Å². The Hall–Kier alpha value is -2.30. The number of benzene rings is 1. The number of aryl methyl sites for hydroxylation is 1. The Kier molecular flexibility index (Phi) is 3.62. The smallest absolute Gasteiger partial charge is 0.224 e. The summed E-state index contributed by atoms with van der Waals surface area (Å²) >= 11 is 0. The number of rotatable bonds is 4. The maximum absolute atomic E-state index is 5.63. The van der Waals surface area contributed by atoms with E-state index in [4.69, 9.17) is 15.2 Å². The van der Waals surface area contributed by atoms with E-state index in [-0.39, 0.29) is 0 Å². The number of anilines is 1. The van der Waals surface area contributed by atoms with E-state index in [9.17, 15) is 0 Å². The molecule has 0 bridgehead atoms. The molecule has 0 amide bonds. The molecule has 0 spiro atoms. The van der Waals surface area contributed by atoms with E-state index in [1.807, 2.05) is 25.1 Å². The van der Waals surface area contributed by atoms with Crippen LogP contribution in [0.25, 0.3) is 0 Å². The van der Waals surface area contributed by atoms with Crippen molar-refractivity contribution in [3.8, 4) is 17.4 Å². The minimum atomic E-state index is 0.387. The minimum Gasteiger partial charge on any atom is -0.494 e. The van der Waals surface area contributed by atoms with E-state index in [0.29, 0.717) is 29.9 Å². The quantitative estimate of drug-likeness (QED) is 0.896. The first-order valence-corrected chi connectivity index (χ1v) is 5.69. The first kappa shape index (κ1) is 12.2. The maximum Gasteiger partial charge on any atom is 0.224 e. The molecule has 1 aromatic heterocycles. The number of nitrogens with two attached hydrogens (primary N) is 1. The summed E-state index contributed by atoms with van der Waals surface area (Å²) in [5.74, 6) is 2.80. The van der Waals surface area contributed by atoms with Crippen molar-refractivity contribution in [1.29, 1.82) is 0 Å². The van der Waals surface area contributed by atoms with Crippen molar-refractivity contribution in [3.05, 3.63) is 36.2 Å². The fourth-order valence-corrected chi connectivity index (χ4v) is 1.53. The van der Waals surface area contributed by atoms with Crippen LogP contribution in [0.5, 0.6) is 17.4 Å². The van der Waals surface area contributed by atoms with Gasteiger partial charge < -0.3 is 15.2 Å². The highest BCUT2D eigenvalue weighted by atomic mass is 16.5. The summed E-state index contributed by atoms with van der Waals surface area (Å²) in [5.41, 5.74) is 5.63. The van der Waals surface area contributed by atoms with Crippen LogP contribution in [-0.4, -0.2) is 16.6 Å². The maximum atomic E-state index is 5.63. The summed E-state index contributed by atoms with van der Waals surface area (Å²) in [7, 11) is 0. The van der Waals surface area contributed by atoms with Crippen molar-refractivity contribution in [2.45, 2.75) is 13.8 Å². The van der Waals surface area contributed by atoms with Crippen molar-refractivity contribution in [2.75, 3.05) is 12.3 Å². The Morgan fingerprint density at radius 2 is 1.94 bits per heavy atom. The number of hydrogen-bond donors (Lipinski definition) is 1. The highest BCUT2D eigenvalue weighted by Crippen LogP contribution is 2.24. The molecular formula is C13H15N3O2. The third kappa shape index (κ3) is 3.10. The lowest BCUT2D eigenvalue weighted by atomic mass is 10.3. The second-order valence-corrected chi connectivity index (χ2v) is 3.69. The number of nitrogens with zero attached hydrogens (tertiary/aromatic N) is 2. The van der Waals surface area contributed by atoms with Gasteiger partial charge in [0.1, 0.15) is 23.1 Å². The molecular weight excluding hydrogens is 230 g/mol. The molecule has 18 heavy (non-hydrogen) atoms. The Morgan fingerprint density at radius 1 is 1.17 bits per heavy atom. The van der Waals surface area contributed by atoms with Gasteiger partial charge >= 0.3 is 0 Å². The van der Waals surface area contributed by atoms with Gasteiger partial charge in [0, 0.05) is 12.1 Å². The minimum absolute atomic E-state index is 0.387. The van der Waals surface area contributed by atoms with Crippen LogP contribution < -0.4 is 15.2 Å². The third-order valence-electron chi connectivity index (χ3n) is 2.17. The number of hydrogen-bond acceptors (Lipinski definition) is 5. The van der Waals surface area contributed by atoms with Crippen LogP contribution in [0.2, 0.25) is 0 Å². The lowest BCUT2D eigenvalue weighted by Gasteiger charge is -2.08. The molecule has 1 heterocycles. The molecule has 0 fully saturated rings. The monoisotopic (exact) mass is 245 g/mol. The van der Waals surface area contributed by atoms with Gasteiger partial charge in [-0.1, -0.05) is 6.07 Å². The van der Waals surface area contributed by atoms with Crippen LogP contribution in [-0.2, 0) is 0 Å². The van der Waals surface area contributed by atoms with Crippen molar-refractivity contribution in [2.24, 2.45) is 0 Å². The summed E-state index contributed by atoms with van der Waals surface area (Å²) in [6.45, 7) is 4.31. The Balaban J connectivity index is 2.20. The molecule has 2 rings (SSSR count). The molecule has 0 saturated carbocycles. The molecule has 2 aromatic rings. The zero-order valence-electron chi connectivity index (χ0n) is 10.4. The van der Waals surface area contributed by atoms with Crippen LogP contribution >= 0.6 is 0 Å². The average molecular weight is 245 g/mol. The second-order valence-electron chi connectivity index (χ2n) is 3.69. The van der Waals surface area contributed by atoms with Crippen LogP contribution in [0.4, 0.5) is 5.82 Å². The molecule has 5 nitrogen and oxygen atoms in total. The Morgan fingerprint density at radius 3 is 2.67 bits per heavy atom. The van der Waals surface area contributed by atoms with Crippen LogP contribution in [0, 0.1) is 6.92 Å². The van der Waals surface area contributed by atoms with Gasteiger partial charge in [0.25, 0.3) is 0 Å². The van der Waals surface area contributed by atoms with Gasteiger partial charge in [-0.05, 0) is 26.0 Å². The molecule has 0 aliphatic carbocycles. The first-order chi connectivity index (χ1) is 8.67. The molecule has 5 heteroatoms. The molecule has 0 aliphatic heterocycles. The fourth-order valence-electron chi connectivity index (χ4n) is 1.53. The lowest BCUT2D eigenvalue weighted by Crippen LogP contribution is -1.98. The van der Waals surface area contributed by atoms with Gasteiger partial charge in [-0.15, -0.1) is 0 Å². The Bertz CT molecular complexity index is 523. The van der Waals surface area contributed by atoms with E-state index < -0.39 is 0 Å². The summed E-state index contributed by atoms with van der Waals surface area (Å²) in [6, 6.07) is 8.95. The summed E-state index contributed by atoms with van der Waals surface area (Å²) in [5, 5.41) is 0. The molecule has 0 unspecified atom stereocenters. The molecule has 0 radical (unpaired) electrons. The highest BCUT2D eigenvalue weighted by molar-refractivity contribution is 5.38. The Labute approximate surface area is 106 Å². The number of ether oxygens (including phenoxy) is 2. The lowest BCUT2D eigenvalue weighted by molar-refractivity contribution is 0.338.